The van der Waals surface area contributed by atoms with E-state index in [4.69, 9.17) is 4.74 Å². The smallest absolute Gasteiger partial charge is 0.238 e. The summed E-state index contributed by atoms with van der Waals surface area (Å²) in [6.45, 7) is 5.46. The first-order valence-corrected chi connectivity index (χ1v) is 8.29. The van der Waals surface area contributed by atoms with Crippen molar-refractivity contribution in [1.29, 1.82) is 0 Å². The molecule has 0 saturated carbocycles. The quantitative estimate of drug-likeness (QED) is 0.785. The van der Waals surface area contributed by atoms with Gasteiger partial charge in [0.15, 0.2) is 0 Å². The fraction of sp³-hybridized carbons (Fsp3) is 0.538. The molecule has 0 saturated heterocycles. The van der Waals surface area contributed by atoms with Gasteiger partial charge < -0.3 is 10.1 Å². The van der Waals surface area contributed by atoms with Crippen LogP contribution in [0.1, 0.15) is 23.7 Å². The molecule has 0 aliphatic rings. The van der Waals surface area contributed by atoms with Crippen molar-refractivity contribution >= 4 is 15.9 Å². The third-order valence-corrected chi connectivity index (χ3v) is 3.64. The van der Waals surface area contributed by atoms with Crippen LogP contribution in [0.15, 0.2) is 6.07 Å². The van der Waals surface area contributed by atoms with Crippen LogP contribution >= 0.6 is 0 Å². The van der Waals surface area contributed by atoms with Gasteiger partial charge in [0.2, 0.25) is 21.8 Å². The highest BCUT2D eigenvalue weighted by molar-refractivity contribution is 7.88. The SMILES string of the molecule is COc1nc(C)cc(C)c1CNC(=O)[C@H](C)NS(C)(=O)=O. The van der Waals surface area contributed by atoms with E-state index < -0.39 is 22.0 Å². The number of carbonyl (C=O) groups is 1. The molecule has 0 bridgehead atoms. The molecule has 0 spiro atoms. The summed E-state index contributed by atoms with van der Waals surface area (Å²) in [6, 6.07) is 1.05. The van der Waals surface area contributed by atoms with Crippen molar-refractivity contribution in [3.05, 3.63) is 22.9 Å². The molecule has 1 amide bonds. The first-order chi connectivity index (χ1) is 9.64. The number of carbonyl (C=O) groups excluding carboxylic acids is 1. The van der Waals surface area contributed by atoms with Crippen molar-refractivity contribution in [2.75, 3.05) is 13.4 Å². The number of rotatable bonds is 6. The van der Waals surface area contributed by atoms with Crippen LogP contribution in [-0.2, 0) is 21.4 Å². The Morgan fingerprint density at radius 2 is 2.05 bits per heavy atom. The predicted molar refractivity (Wildman–Crippen MR) is 79.6 cm³/mol. The molecule has 0 aromatic carbocycles. The first kappa shape index (κ1) is 17.4. The summed E-state index contributed by atoms with van der Waals surface area (Å²) >= 11 is 0. The number of sulfonamides is 1. The van der Waals surface area contributed by atoms with Gasteiger partial charge in [0.05, 0.1) is 19.4 Å². The Kier molecular flexibility index (Phi) is 5.68. The number of ether oxygens (including phenoxy) is 1. The van der Waals surface area contributed by atoms with Crippen molar-refractivity contribution in [3.8, 4) is 5.88 Å². The molecule has 0 radical (unpaired) electrons. The molecule has 0 aliphatic heterocycles. The van der Waals surface area contributed by atoms with Crippen LogP contribution in [0.2, 0.25) is 0 Å². The van der Waals surface area contributed by atoms with Gasteiger partial charge in [0, 0.05) is 17.8 Å². The summed E-state index contributed by atoms with van der Waals surface area (Å²) in [7, 11) is -1.91. The van der Waals surface area contributed by atoms with E-state index in [0.29, 0.717) is 5.88 Å². The summed E-state index contributed by atoms with van der Waals surface area (Å²) in [5.74, 6) is 0.0407. The molecule has 21 heavy (non-hydrogen) atoms. The number of amides is 1. The maximum atomic E-state index is 11.9. The summed E-state index contributed by atoms with van der Waals surface area (Å²) in [4.78, 5) is 16.1. The van der Waals surface area contributed by atoms with E-state index in [9.17, 15) is 13.2 Å². The Balaban J connectivity index is 2.78. The molecule has 1 aromatic rings. The minimum atomic E-state index is -3.43. The number of pyridine rings is 1. The summed E-state index contributed by atoms with van der Waals surface area (Å²) in [5, 5.41) is 2.67. The number of hydrogen-bond donors (Lipinski definition) is 2. The number of aromatic nitrogens is 1. The average Bonchev–Trinajstić information content (AvgIpc) is 2.34. The zero-order chi connectivity index (χ0) is 16.2. The Bertz CT molecular complexity index is 629. The van der Waals surface area contributed by atoms with Crippen LogP contribution in [-0.4, -0.2) is 38.7 Å². The molecule has 2 N–H and O–H groups in total. The maximum Gasteiger partial charge on any atom is 0.238 e. The van der Waals surface area contributed by atoms with Crippen LogP contribution in [0.4, 0.5) is 0 Å². The second kappa shape index (κ2) is 6.86. The van der Waals surface area contributed by atoms with Crippen molar-refractivity contribution in [2.24, 2.45) is 0 Å². The van der Waals surface area contributed by atoms with Crippen LogP contribution in [0.3, 0.4) is 0 Å². The van der Waals surface area contributed by atoms with Gasteiger partial charge in [-0.1, -0.05) is 0 Å². The molecule has 8 heteroatoms. The summed E-state index contributed by atoms with van der Waals surface area (Å²) < 4.78 is 29.6. The van der Waals surface area contributed by atoms with E-state index in [-0.39, 0.29) is 6.54 Å². The van der Waals surface area contributed by atoms with E-state index in [1.54, 1.807) is 0 Å². The number of nitrogens with one attached hydrogen (secondary N) is 2. The van der Waals surface area contributed by atoms with E-state index in [1.165, 1.54) is 14.0 Å². The third kappa shape index (κ3) is 5.31. The van der Waals surface area contributed by atoms with E-state index in [1.807, 2.05) is 19.9 Å². The zero-order valence-corrected chi connectivity index (χ0v) is 13.7. The topological polar surface area (TPSA) is 97.4 Å². The third-order valence-electron chi connectivity index (χ3n) is 2.85. The van der Waals surface area contributed by atoms with Gasteiger partial charge in [0.25, 0.3) is 0 Å². The summed E-state index contributed by atoms with van der Waals surface area (Å²) in [6.07, 6.45) is 1.01. The lowest BCUT2D eigenvalue weighted by Crippen LogP contribution is -2.44. The normalized spacial score (nSPS) is 12.8. The zero-order valence-electron chi connectivity index (χ0n) is 12.9. The number of methoxy groups -OCH3 is 1. The highest BCUT2D eigenvalue weighted by Crippen LogP contribution is 2.20. The molecule has 118 valence electrons. The van der Waals surface area contributed by atoms with Crippen LogP contribution in [0, 0.1) is 13.8 Å². The minimum absolute atomic E-state index is 0.219. The second-order valence-electron chi connectivity index (χ2n) is 4.90. The van der Waals surface area contributed by atoms with Crippen molar-refractivity contribution in [1.82, 2.24) is 15.0 Å². The fourth-order valence-electron chi connectivity index (χ4n) is 1.92. The second-order valence-corrected chi connectivity index (χ2v) is 6.68. The molecule has 1 rings (SSSR count). The lowest BCUT2D eigenvalue weighted by molar-refractivity contribution is -0.122. The van der Waals surface area contributed by atoms with Crippen molar-refractivity contribution < 1.29 is 17.9 Å². The maximum absolute atomic E-state index is 11.9. The predicted octanol–water partition coefficient (Wildman–Crippen LogP) is 0.261. The van der Waals surface area contributed by atoms with Crippen LogP contribution < -0.4 is 14.8 Å². The molecule has 0 fully saturated rings. The Labute approximate surface area is 125 Å². The molecule has 0 aliphatic carbocycles. The van der Waals surface area contributed by atoms with Gasteiger partial charge in [0.1, 0.15) is 0 Å². The number of nitrogens with zero attached hydrogens (tertiary/aromatic N) is 1. The van der Waals surface area contributed by atoms with Gasteiger partial charge in [-0.2, -0.15) is 0 Å². The van der Waals surface area contributed by atoms with Gasteiger partial charge >= 0.3 is 0 Å². The van der Waals surface area contributed by atoms with Gasteiger partial charge in [-0.25, -0.2) is 18.1 Å². The Morgan fingerprint density at radius 3 is 2.57 bits per heavy atom. The molecule has 0 unspecified atom stereocenters. The van der Waals surface area contributed by atoms with Gasteiger partial charge in [-0.3, -0.25) is 4.79 Å². The van der Waals surface area contributed by atoms with E-state index in [2.05, 4.69) is 15.0 Å². The Morgan fingerprint density at radius 1 is 1.43 bits per heavy atom. The van der Waals surface area contributed by atoms with E-state index in [0.717, 1.165) is 23.1 Å². The van der Waals surface area contributed by atoms with Crippen molar-refractivity contribution in [2.45, 2.75) is 33.4 Å². The standard InChI is InChI=1S/C13H21N3O4S/c1-8-6-9(2)15-13(20-4)11(8)7-14-12(17)10(3)16-21(5,18)19/h6,10,16H,7H2,1-5H3,(H,14,17)/t10-/m0/s1. The monoisotopic (exact) mass is 315 g/mol. The first-order valence-electron chi connectivity index (χ1n) is 6.40. The lowest BCUT2D eigenvalue weighted by atomic mass is 10.1. The molecule has 1 aromatic heterocycles. The van der Waals surface area contributed by atoms with Crippen LogP contribution in [0.5, 0.6) is 5.88 Å². The molecular weight excluding hydrogens is 294 g/mol. The van der Waals surface area contributed by atoms with Crippen LogP contribution in [0.25, 0.3) is 0 Å². The molecule has 7 nitrogen and oxygen atoms in total. The molecule has 1 atom stereocenters. The largest absolute Gasteiger partial charge is 0.481 e. The highest BCUT2D eigenvalue weighted by Gasteiger charge is 2.18. The highest BCUT2D eigenvalue weighted by atomic mass is 32.2. The molecule has 1 heterocycles. The lowest BCUT2D eigenvalue weighted by Gasteiger charge is -2.15. The van der Waals surface area contributed by atoms with Gasteiger partial charge in [-0.15, -0.1) is 0 Å². The van der Waals surface area contributed by atoms with Crippen molar-refractivity contribution in [3.63, 3.8) is 0 Å². The minimum Gasteiger partial charge on any atom is -0.481 e. The van der Waals surface area contributed by atoms with E-state index >= 15 is 0 Å². The molecular formula is C13H21N3O4S. The number of aryl methyl sites for hydroxylation is 2. The number of hydrogen-bond acceptors (Lipinski definition) is 5. The fourth-order valence-corrected chi connectivity index (χ4v) is 2.67. The average molecular weight is 315 g/mol. The Hall–Kier alpha value is -1.67. The summed E-state index contributed by atoms with van der Waals surface area (Å²) in [5.41, 5.74) is 2.54. The van der Waals surface area contributed by atoms with Gasteiger partial charge in [-0.05, 0) is 32.4 Å².